The summed E-state index contributed by atoms with van der Waals surface area (Å²) < 4.78 is 1.71. The number of amides is 1. The second-order valence-electron chi connectivity index (χ2n) is 6.06. The van der Waals surface area contributed by atoms with Gasteiger partial charge in [0.15, 0.2) is 0 Å². The number of aromatic nitrogens is 4. The second kappa shape index (κ2) is 6.91. The third-order valence-corrected chi connectivity index (χ3v) is 3.78. The van der Waals surface area contributed by atoms with Crippen molar-refractivity contribution in [3.8, 4) is 5.69 Å². The van der Waals surface area contributed by atoms with E-state index in [-0.39, 0.29) is 11.4 Å². The van der Waals surface area contributed by atoms with E-state index in [1.54, 1.807) is 4.68 Å². The molecule has 1 N–H and O–H groups in total. The number of benzene rings is 1. The molecule has 0 fully saturated rings. The summed E-state index contributed by atoms with van der Waals surface area (Å²) in [5, 5.41) is 15.5. The first-order valence-corrected chi connectivity index (χ1v) is 8.13. The number of nitrogens with zero attached hydrogens (tertiary/aromatic N) is 4. The van der Waals surface area contributed by atoms with Crippen molar-refractivity contribution in [2.24, 2.45) is 0 Å². The van der Waals surface area contributed by atoms with Gasteiger partial charge in [0, 0.05) is 17.7 Å². The van der Waals surface area contributed by atoms with E-state index < -0.39 is 0 Å². The van der Waals surface area contributed by atoms with Gasteiger partial charge in [-0.25, -0.2) is 0 Å². The summed E-state index contributed by atoms with van der Waals surface area (Å²) >= 11 is 1.48. The average molecular weight is 319 g/mol. The fourth-order valence-corrected chi connectivity index (χ4v) is 2.76. The Morgan fingerprint density at radius 1 is 1.32 bits per heavy atom. The highest BCUT2D eigenvalue weighted by atomic mass is 32.2. The standard InChI is InChI=1S/C15H21N5OS/c1-11-7-5-6-8-12(11)20-14(17-18-19-20)22-10-9-13(21)16-15(2,3)4/h5-8H,9-10H2,1-4H3,(H,16,21). The number of thioether (sulfide) groups is 1. The minimum atomic E-state index is -0.204. The van der Waals surface area contributed by atoms with Crippen LogP contribution in [-0.4, -0.2) is 37.4 Å². The van der Waals surface area contributed by atoms with Crippen LogP contribution in [0, 0.1) is 6.92 Å². The number of hydrogen-bond acceptors (Lipinski definition) is 5. The molecule has 0 atom stereocenters. The second-order valence-corrected chi connectivity index (χ2v) is 7.12. The lowest BCUT2D eigenvalue weighted by molar-refractivity contribution is -0.122. The molecule has 0 aliphatic rings. The molecule has 0 aliphatic carbocycles. The van der Waals surface area contributed by atoms with Gasteiger partial charge in [0.2, 0.25) is 11.1 Å². The minimum Gasteiger partial charge on any atom is -0.351 e. The third-order valence-electron chi connectivity index (χ3n) is 2.86. The first kappa shape index (κ1) is 16.5. The van der Waals surface area contributed by atoms with Crippen LogP contribution in [0.5, 0.6) is 0 Å². The van der Waals surface area contributed by atoms with Gasteiger partial charge < -0.3 is 5.32 Å². The topological polar surface area (TPSA) is 72.7 Å². The Labute approximate surface area is 134 Å². The van der Waals surface area contributed by atoms with Gasteiger partial charge in [-0.1, -0.05) is 30.0 Å². The van der Waals surface area contributed by atoms with Crippen LogP contribution in [0.3, 0.4) is 0 Å². The van der Waals surface area contributed by atoms with E-state index in [1.165, 1.54) is 11.8 Å². The molecule has 22 heavy (non-hydrogen) atoms. The Balaban J connectivity index is 1.97. The Hall–Kier alpha value is -1.89. The molecule has 2 rings (SSSR count). The molecule has 0 aliphatic heterocycles. The zero-order chi connectivity index (χ0) is 16.2. The molecular formula is C15H21N5OS. The average Bonchev–Trinajstić information content (AvgIpc) is 2.85. The van der Waals surface area contributed by atoms with Crippen LogP contribution in [0.2, 0.25) is 0 Å². The lowest BCUT2D eigenvalue weighted by Crippen LogP contribution is -2.40. The van der Waals surface area contributed by atoms with Crippen molar-refractivity contribution in [2.75, 3.05) is 5.75 Å². The minimum absolute atomic E-state index is 0.0370. The normalized spacial score (nSPS) is 11.5. The molecule has 6 nitrogen and oxygen atoms in total. The highest BCUT2D eigenvalue weighted by Crippen LogP contribution is 2.20. The van der Waals surface area contributed by atoms with Crippen LogP contribution in [0.4, 0.5) is 0 Å². The van der Waals surface area contributed by atoms with E-state index in [0.717, 1.165) is 11.3 Å². The van der Waals surface area contributed by atoms with Crippen LogP contribution < -0.4 is 5.32 Å². The van der Waals surface area contributed by atoms with Gasteiger partial charge in [0.1, 0.15) is 0 Å². The van der Waals surface area contributed by atoms with Crippen LogP contribution >= 0.6 is 11.8 Å². The van der Waals surface area contributed by atoms with Crippen LogP contribution in [-0.2, 0) is 4.79 Å². The number of carbonyl (C=O) groups excluding carboxylic acids is 1. The van der Waals surface area contributed by atoms with Crippen LogP contribution in [0.15, 0.2) is 29.4 Å². The van der Waals surface area contributed by atoms with Crippen LogP contribution in [0.25, 0.3) is 5.69 Å². The first-order valence-electron chi connectivity index (χ1n) is 7.15. The van der Waals surface area contributed by atoms with Gasteiger partial charge in [-0.2, -0.15) is 4.68 Å². The summed E-state index contributed by atoms with van der Waals surface area (Å²) in [4.78, 5) is 11.8. The Morgan fingerprint density at radius 3 is 2.73 bits per heavy atom. The van der Waals surface area contributed by atoms with Crippen molar-refractivity contribution in [3.05, 3.63) is 29.8 Å². The predicted molar refractivity (Wildman–Crippen MR) is 87.1 cm³/mol. The van der Waals surface area contributed by atoms with Crippen molar-refractivity contribution in [2.45, 2.75) is 44.8 Å². The predicted octanol–water partition coefficient (Wildman–Crippen LogP) is 2.37. The van der Waals surface area contributed by atoms with Crippen molar-refractivity contribution >= 4 is 17.7 Å². The molecule has 0 saturated carbocycles. The number of nitrogens with one attached hydrogen (secondary N) is 1. The largest absolute Gasteiger partial charge is 0.351 e. The van der Waals surface area contributed by atoms with Crippen molar-refractivity contribution in [3.63, 3.8) is 0 Å². The van der Waals surface area contributed by atoms with Crippen molar-refractivity contribution in [1.82, 2.24) is 25.5 Å². The van der Waals surface area contributed by atoms with Crippen LogP contribution in [0.1, 0.15) is 32.8 Å². The van der Waals surface area contributed by atoms with E-state index >= 15 is 0 Å². The van der Waals surface area contributed by atoms with Gasteiger partial charge in [0.05, 0.1) is 5.69 Å². The molecule has 7 heteroatoms. The molecular weight excluding hydrogens is 298 g/mol. The number of carbonyl (C=O) groups is 1. The number of aryl methyl sites for hydroxylation is 1. The summed E-state index contributed by atoms with van der Waals surface area (Å²) in [6.45, 7) is 7.92. The maximum absolute atomic E-state index is 11.8. The molecule has 2 aromatic rings. The molecule has 0 bridgehead atoms. The maximum atomic E-state index is 11.8. The quantitative estimate of drug-likeness (QED) is 0.857. The number of hydrogen-bond donors (Lipinski definition) is 1. The van der Waals surface area contributed by atoms with Gasteiger partial charge in [-0.05, 0) is 49.8 Å². The van der Waals surface area contributed by atoms with E-state index in [9.17, 15) is 4.79 Å². The summed E-state index contributed by atoms with van der Waals surface area (Å²) in [6, 6.07) is 7.92. The highest BCUT2D eigenvalue weighted by molar-refractivity contribution is 7.99. The monoisotopic (exact) mass is 319 g/mol. The molecule has 0 unspecified atom stereocenters. The van der Waals surface area contributed by atoms with Crippen molar-refractivity contribution in [1.29, 1.82) is 0 Å². The maximum Gasteiger partial charge on any atom is 0.221 e. The number of tetrazole rings is 1. The number of para-hydroxylation sites is 1. The van der Waals surface area contributed by atoms with E-state index in [0.29, 0.717) is 17.3 Å². The molecule has 1 aromatic carbocycles. The van der Waals surface area contributed by atoms with E-state index in [2.05, 4.69) is 20.8 Å². The lowest BCUT2D eigenvalue weighted by Gasteiger charge is -2.20. The van der Waals surface area contributed by atoms with Gasteiger partial charge in [-0.3, -0.25) is 4.79 Å². The zero-order valence-corrected chi connectivity index (χ0v) is 14.1. The van der Waals surface area contributed by atoms with Gasteiger partial charge in [0.25, 0.3) is 0 Å². The molecule has 0 saturated heterocycles. The molecule has 1 aromatic heterocycles. The summed E-state index contributed by atoms with van der Waals surface area (Å²) in [5.74, 6) is 0.670. The van der Waals surface area contributed by atoms with E-state index in [1.807, 2.05) is 52.0 Å². The Kier molecular flexibility index (Phi) is 5.18. The summed E-state index contributed by atoms with van der Waals surface area (Å²) in [7, 11) is 0. The third kappa shape index (κ3) is 4.56. The summed E-state index contributed by atoms with van der Waals surface area (Å²) in [6.07, 6.45) is 0.433. The highest BCUT2D eigenvalue weighted by Gasteiger charge is 2.15. The molecule has 1 amide bonds. The summed E-state index contributed by atoms with van der Waals surface area (Å²) in [5.41, 5.74) is 1.85. The molecule has 1 heterocycles. The fraction of sp³-hybridized carbons (Fsp3) is 0.467. The molecule has 118 valence electrons. The Bertz CT molecular complexity index is 647. The van der Waals surface area contributed by atoms with Gasteiger partial charge in [-0.15, -0.1) is 5.10 Å². The smallest absolute Gasteiger partial charge is 0.221 e. The fourth-order valence-electron chi connectivity index (χ4n) is 1.94. The van der Waals surface area contributed by atoms with Crippen molar-refractivity contribution < 1.29 is 4.79 Å². The van der Waals surface area contributed by atoms with E-state index in [4.69, 9.17) is 0 Å². The molecule has 0 spiro atoms. The SMILES string of the molecule is Cc1ccccc1-n1nnnc1SCCC(=O)NC(C)(C)C. The first-order chi connectivity index (χ1) is 10.4. The molecule has 0 radical (unpaired) electrons. The Morgan fingerprint density at radius 2 is 2.05 bits per heavy atom. The number of rotatable bonds is 5. The lowest BCUT2D eigenvalue weighted by atomic mass is 10.1. The van der Waals surface area contributed by atoms with Gasteiger partial charge >= 0.3 is 0 Å². The zero-order valence-electron chi connectivity index (χ0n) is 13.3.